The first-order valence-corrected chi connectivity index (χ1v) is 8.85. The van der Waals surface area contributed by atoms with Crippen molar-refractivity contribution in [1.82, 2.24) is 10.1 Å². The molecule has 0 radical (unpaired) electrons. The van der Waals surface area contributed by atoms with E-state index in [0.717, 1.165) is 12.1 Å². The molecule has 0 aliphatic heterocycles. The number of alkyl halides is 6. The quantitative estimate of drug-likeness (QED) is 0.310. The summed E-state index contributed by atoms with van der Waals surface area (Å²) < 4.78 is 88.2. The van der Waals surface area contributed by atoms with Crippen LogP contribution >= 0.6 is 0 Å². The zero-order chi connectivity index (χ0) is 24.8. The highest BCUT2D eigenvalue weighted by Crippen LogP contribution is 2.35. The van der Waals surface area contributed by atoms with E-state index in [1.165, 1.54) is 6.07 Å². The highest BCUT2D eigenvalue weighted by Gasteiger charge is 2.36. The van der Waals surface area contributed by atoms with E-state index < -0.39 is 54.3 Å². The number of nitrogens with one attached hydrogen (secondary N) is 1. The van der Waals surface area contributed by atoms with Crippen LogP contribution in [0.5, 0.6) is 0 Å². The van der Waals surface area contributed by atoms with Gasteiger partial charge in [-0.05, 0) is 18.2 Å². The van der Waals surface area contributed by atoms with Gasteiger partial charge in [-0.3, -0.25) is 5.41 Å². The lowest BCUT2D eigenvalue weighted by Gasteiger charge is -2.25. The lowest BCUT2D eigenvalue weighted by Crippen LogP contribution is -2.34. The minimum absolute atomic E-state index is 0.00330. The molecule has 0 unspecified atom stereocenters. The van der Waals surface area contributed by atoms with E-state index in [2.05, 4.69) is 19.9 Å². The molecule has 0 amide bonds. The number of nitrogens with two attached hydrogens (primary N) is 2. The van der Waals surface area contributed by atoms with Crippen LogP contribution in [0.3, 0.4) is 0 Å². The molecule has 0 saturated heterocycles. The van der Waals surface area contributed by atoms with Crippen LogP contribution < -0.4 is 16.4 Å². The summed E-state index contributed by atoms with van der Waals surface area (Å²) in [6, 6.07) is 2.48. The number of ether oxygens (including phenoxy) is 1. The van der Waals surface area contributed by atoms with E-state index in [9.17, 15) is 26.3 Å². The van der Waals surface area contributed by atoms with Gasteiger partial charge in [-0.1, -0.05) is 5.16 Å². The van der Waals surface area contributed by atoms with Gasteiger partial charge in [0.2, 0.25) is 5.89 Å². The number of nitrogens with zero attached hydrogens (tertiary/aromatic N) is 5. The fraction of sp³-hybridized carbons (Fsp3) is 0.353. The van der Waals surface area contributed by atoms with Crippen LogP contribution in [-0.4, -0.2) is 41.4 Å². The number of halogens is 6. The molecule has 2 rings (SSSR count). The summed E-state index contributed by atoms with van der Waals surface area (Å²) in [6.07, 6.45) is -9.70. The molecule has 1 heterocycles. The number of hydrogen-bond donors (Lipinski definition) is 3. The van der Waals surface area contributed by atoms with Gasteiger partial charge in [0.15, 0.2) is 5.82 Å². The maximum absolute atomic E-state index is 13.2. The van der Waals surface area contributed by atoms with Crippen molar-refractivity contribution in [1.29, 1.82) is 10.7 Å². The van der Waals surface area contributed by atoms with Gasteiger partial charge < -0.3 is 25.6 Å². The first-order valence-electron chi connectivity index (χ1n) is 8.85. The Labute approximate surface area is 181 Å². The minimum atomic E-state index is -4.95. The number of nitriles is 1. The van der Waals surface area contributed by atoms with E-state index >= 15 is 0 Å². The van der Waals surface area contributed by atoms with E-state index in [4.69, 9.17) is 26.7 Å². The molecule has 178 valence electrons. The summed E-state index contributed by atoms with van der Waals surface area (Å²) in [6.45, 7) is -2.29. The smallest absolute Gasteiger partial charge is 0.393 e. The molecule has 0 bridgehead atoms. The predicted molar refractivity (Wildman–Crippen MR) is 101 cm³/mol. The number of aliphatic imine (C=N–C) groups is 1. The Balaban J connectivity index is 2.22. The van der Waals surface area contributed by atoms with Gasteiger partial charge in [0.1, 0.15) is 6.54 Å². The molecule has 0 atom stereocenters. The number of hydrogen-bond acceptors (Lipinski definition) is 8. The summed E-state index contributed by atoms with van der Waals surface area (Å²) in [7, 11) is 0. The molecular weight excluding hydrogens is 462 g/mol. The van der Waals surface area contributed by atoms with Crippen LogP contribution in [0.4, 0.5) is 32.0 Å². The van der Waals surface area contributed by atoms with Gasteiger partial charge in [0, 0.05) is 12.1 Å². The summed E-state index contributed by atoms with van der Waals surface area (Å²) >= 11 is 0. The van der Waals surface area contributed by atoms with Crippen LogP contribution in [0.15, 0.2) is 27.7 Å². The average Bonchev–Trinajstić information content (AvgIpc) is 3.12. The Morgan fingerprint density at radius 1 is 1.24 bits per heavy atom. The Bertz CT molecular complexity index is 1060. The molecule has 1 aromatic heterocycles. The van der Waals surface area contributed by atoms with E-state index in [1.54, 1.807) is 0 Å². The first kappa shape index (κ1) is 25.2. The average molecular weight is 478 g/mol. The fourth-order valence-corrected chi connectivity index (χ4v) is 2.55. The maximum Gasteiger partial charge on any atom is 0.417 e. The topological polar surface area (TPSA) is 163 Å². The number of aromatic nitrogens is 2. The highest BCUT2D eigenvalue weighted by molar-refractivity contribution is 5.85. The monoisotopic (exact) mass is 478 g/mol. The van der Waals surface area contributed by atoms with Gasteiger partial charge in [-0.25, -0.2) is 4.99 Å². The van der Waals surface area contributed by atoms with Gasteiger partial charge in [-0.2, -0.15) is 36.6 Å². The largest absolute Gasteiger partial charge is 0.417 e. The van der Waals surface area contributed by atoms with Crippen molar-refractivity contribution in [3.05, 3.63) is 41.0 Å². The third-order valence-electron chi connectivity index (χ3n) is 3.81. The molecular formula is C17H16F6N8O2. The molecule has 1 aromatic carbocycles. The van der Waals surface area contributed by atoms with Crippen LogP contribution in [0.1, 0.15) is 22.8 Å². The highest BCUT2D eigenvalue weighted by atomic mass is 19.4. The molecule has 0 aliphatic carbocycles. The Morgan fingerprint density at radius 3 is 2.52 bits per heavy atom. The third kappa shape index (κ3) is 7.87. The number of anilines is 1. The summed E-state index contributed by atoms with van der Waals surface area (Å²) in [4.78, 5) is 8.17. The number of benzene rings is 1. The van der Waals surface area contributed by atoms with Crippen LogP contribution in [0.25, 0.3) is 0 Å². The standard InChI is InChI=1S/C17H16F6N8O2/c18-16(19,20)8-31(10-2-1-9(6-24)11(5-10)17(21,22)23)7-12-29-13(33-30-12)3-4-28-15(27)32-14(25)26/h1-2,5H,3-4,7-8H2,(H3,25,26)(H2,27,28). The van der Waals surface area contributed by atoms with Crippen molar-refractivity contribution in [2.75, 3.05) is 18.0 Å². The van der Waals surface area contributed by atoms with E-state index in [0.29, 0.717) is 11.0 Å². The summed E-state index contributed by atoms with van der Waals surface area (Å²) in [5.74, 6) is -0.267. The summed E-state index contributed by atoms with van der Waals surface area (Å²) in [5.41, 5.74) is 7.75. The molecule has 16 heteroatoms. The van der Waals surface area contributed by atoms with Gasteiger partial charge >= 0.3 is 12.4 Å². The van der Waals surface area contributed by atoms with Crippen LogP contribution in [0.2, 0.25) is 0 Å². The number of rotatable bonds is 7. The normalized spacial score (nSPS) is 12.3. The zero-order valence-corrected chi connectivity index (χ0v) is 16.5. The molecule has 0 spiro atoms. The lowest BCUT2D eigenvalue weighted by molar-refractivity contribution is -0.137. The second-order valence-electron chi connectivity index (χ2n) is 6.35. The second kappa shape index (κ2) is 10.1. The molecule has 2 aromatic rings. The van der Waals surface area contributed by atoms with Gasteiger partial charge in [0.05, 0.1) is 30.3 Å². The third-order valence-corrected chi connectivity index (χ3v) is 3.81. The van der Waals surface area contributed by atoms with Gasteiger partial charge in [0.25, 0.3) is 12.0 Å². The zero-order valence-electron chi connectivity index (χ0n) is 16.5. The van der Waals surface area contributed by atoms with Gasteiger partial charge in [-0.15, -0.1) is 0 Å². The predicted octanol–water partition coefficient (Wildman–Crippen LogP) is 2.30. The van der Waals surface area contributed by atoms with Crippen molar-refractivity contribution in [2.45, 2.75) is 25.3 Å². The Morgan fingerprint density at radius 2 is 1.94 bits per heavy atom. The van der Waals surface area contributed by atoms with E-state index in [1.807, 2.05) is 0 Å². The van der Waals surface area contributed by atoms with Crippen molar-refractivity contribution >= 4 is 17.7 Å². The Hall–Kier alpha value is -4.03. The molecule has 10 nitrogen and oxygen atoms in total. The molecule has 0 saturated carbocycles. The lowest BCUT2D eigenvalue weighted by atomic mass is 10.1. The number of amidine groups is 2. The first-order chi connectivity index (χ1) is 15.3. The van der Waals surface area contributed by atoms with Crippen LogP contribution in [0, 0.1) is 16.7 Å². The van der Waals surface area contributed by atoms with Crippen molar-refractivity contribution in [3.8, 4) is 6.07 Å². The minimum Gasteiger partial charge on any atom is -0.393 e. The second-order valence-corrected chi connectivity index (χ2v) is 6.35. The summed E-state index contributed by atoms with van der Waals surface area (Å²) in [5, 5.41) is 19.3. The van der Waals surface area contributed by atoms with Crippen LogP contribution in [-0.2, 0) is 23.9 Å². The molecule has 0 aliphatic rings. The van der Waals surface area contributed by atoms with E-state index in [-0.39, 0.29) is 24.7 Å². The SMILES string of the molecule is N#Cc1ccc(N(Cc2noc(CCN=C(N)OC(=N)N)n2)CC(F)(F)F)cc1C(F)(F)F. The molecule has 5 N–H and O–H groups in total. The van der Waals surface area contributed by atoms with Crippen molar-refractivity contribution in [3.63, 3.8) is 0 Å². The van der Waals surface area contributed by atoms with Crippen molar-refractivity contribution in [2.24, 2.45) is 16.5 Å². The molecule has 0 fully saturated rings. The molecule has 33 heavy (non-hydrogen) atoms. The van der Waals surface area contributed by atoms with Crippen molar-refractivity contribution < 1.29 is 35.6 Å². The maximum atomic E-state index is 13.2. The Kier molecular flexibility index (Phi) is 7.69. The fourth-order valence-electron chi connectivity index (χ4n) is 2.55.